The summed E-state index contributed by atoms with van der Waals surface area (Å²) >= 11 is 5.88. The number of amides is 1. The Balaban J connectivity index is 3.16. The summed E-state index contributed by atoms with van der Waals surface area (Å²) in [6.45, 7) is 3.60. The van der Waals surface area contributed by atoms with E-state index < -0.39 is 0 Å². The first kappa shape index (κ1) is 11.1. The Kier molecular flexibility index (Phi) is 3.53. The summed E-state index contributed by atoms with van der Waals surface area (Å²) in [6.07, 6.45) is 0.893. The Morgan fingerprint density at radius 2 is 2.14 bits per heavy atom. The third kappa shape index (κ3) is 2.26. The molecule has 0 aromatic heterocycles. The maximum absolute atomic E-state index is 11.2. The van der Waals surface area contributed by atoms with E-state index in [-0.39, 0.29) is 5.91 Å². The van der Waals surface area contributed by atoms with Crippen molar-refractivity contribution < 1.29 is 4.79 Å². The molecule has 0 aliphatic carbocycles. The molecule has 0 aliphatic rings. The van der Waals surface area contributed by atoms with Gasteiger partial charge in [-0.15, -0.1) is 0 Å². The molecular formula is C11H14ClNO. The van der Waals surface area contributed by atoms with Gasteiger partial charge in [-0.3, -0.25) is 4.79 Å². The van der Waals surface area contributed by atoms with Gasteiger partial charge in [0.05, 0.1) is 0 Å². The van der Waals surface area contributed by atoms with E-state index >= 15 is 0 Å². The van der Waals surface area contributed by atoms with Gasteiger partial charge in [-0.25, -0.2) is 0 Å². The van der Waals surface area contributed by atoms with Gasteiger partial charge in [0.25, 0.3) is 0 Å². The first-order valence-electron chi connectivity index (χ1n) is 4.59. The predicted molar refractivity (Wildman–Crippen MR) is 59.9 cm³/mol. The van der Waals surface area contributed by atoms with E-state index in [9.17, 15) is 4.79 Å². The molecule has 0 saturated carbocycles. The van der Waals surface area contributed by atoms with Crippen molar-refractivity contribution in [3.63, 3.8) is 0 Å². The van der Waals surface area contributed by atoms with E-state index in [4.69, 9.17) is 11.6 Å². The average molecular weight is 212 g/mol. The number of halogens is 1. The van der Waals surface area contributed by atoms with Crippen molar-refractivity contribution in [3.05, 3.63) is 28.8 Å². The molecule has 0 unspecified atom stereocenters. The smallest absolute Gasteiger partial charge is 0.223 e. The fourth-order valence-corrected chi connectivity index (χ4v) is 1.48. The zero-order valence-corrected chi connectivity index (χ0v) is 9.43. The van der Waals surface area contributed by atoms with Gasteiger partial charge in [0.15, 0.2) is 0 Å². The molecule has 0 radical (unpaired) electrons. The van der Waals surface area contributed by atoms with Crippen LogP contribution in [-0.2, 0) is 11.2 Å². The van der Waals surface area contributed by atoms with Crippen molar-refractivity contribution in [1.82, 2.24) is 0 Å². The van der Waals surface area contributed by atoms with Gasteiger partial charge in [0.1, 0.15) is 0 Å². The molecule has 1 amide bonds. The molecule has 1 rings (SSSR count). The molecule has 1 aromatic carbocycles. The highest BCUT2D eigenvalue weighted by Gasteiger charge is 2.09. The monoisotopic (exact) mass is 211 g/mol. The van der Waals surface area contributed by atoms with E-state index in [1.807, 2.05) is 18.2 Å². The Morgan fingerprint density at radius 1 is 1.50 bits per heavy atom. The summed E-state index contributed by atoms with van der Waals surface area (Å²) in [5, 5.41) is 0.658. The van der Waals surface area contributed by atoms with Crippen LogP contribution >= 0.6 is 11.6 Å². The highest BCUT2D eigenvalue weighted by Crippen LogP contribution is 2.24. The number of hydrogen-bond donors (Lipinski definition) is 0. The standard InChI is InChI=1S/C11H14ClNO/c1-4-9-5-6-10(12)7-11(9)13(3)8(2)14/h5-7H,4H2,1-3H3. The molecule has 0 fully saturated rings. The topological polar surface area (TPSA) is 20.3 Å². The second-order valence-corrected chi connectivity index (χ2v) is 3.64. The Bertz CT molecular complexity index is 349. The average Bonchev–Trinajstić information content (AvgIpc) is 2.16. The second kappa shape index (κ2) is 4.47. The molecule has 0 bridgehead atoms. The molecular weight excluding hydrogens is 198 g/mol. The van der Waals surface area contributed by atoms with Gasteiger partial charge in [0.2, 0.25) is 5.91 Å². The molecule has 0 spiro atoms. The number of nitrogens with zero attached hydrogens (tertiary/aromatic N) is 1. The van der Waals surface area contributed by atoms with Crippen LogP contribution in [0.4, 0.5) is 5.69 Å². The fourth-order valence-electron chi connectivity index (χ4n) is 1.32. The van der Waals surface area contributed by atoms with Gasteiger partial charge < -0.3 is 4.90 Å². The van der Waals surface area contributed by atoms with Crippen molar-refractivity contribution in [2.75, 3.05) is 11.9 Å². The van der Waals surface area contributed by atoms with Crippen LogP contribution < -0.4 is 4.90 Å². The zero-order valence-electron chi connectivity index (χ0n) is 8.67. The molecule has 0 saturated heterocycles. The quantitative estimate of drug-likeness (QED) is 0.737. The Hall–Kier alpha value is -1.02. The normalized spacial score (nSPS) is 10.0. The van der Waals surface area contributed by atoms with Crippen molar-refractivity contribution in [2.24, 2.45) is 0 Å². The number of carbonyl (C=O) groups excluding carboxylic acids is 1. The zero-order chi connectivity index (χ0) is 10.7. The molecule has 0 N–H and O–H groups in total. The minimum absolute atomic E-state index is 0.0157. The molecule has 0 atom stereocenters. The summed E-state index contributed by atoms with van der Waals surface area (Å²) in [5.74, 6) is 0.0157. The largest absolute Gasteiger partial charge is 0.315 e. The lowest BCUT2D eigenvalue weighted by Crippen LogP contribution is -2.23. The number of carbonyl (C=O) groups is 1. The maximum Gasteiger partial charge on any atom is 0.223 e. The summed E-state index contributed by atoms with van der Waals surface area (Å²) in [7, 11) is 1.76. The van der Waals surface area contributed by atoms with Crippen LogP contribution in [0, 0.1) is 0 Å². The summed E-state index contributed by atoms with van der Waals surface area (Å²) in [5.41, 5.74) is 2.03. The first-order chi connectivity index (χ1) is 6.56. The highest BCUT2D eigenvalue weighted by molar-refractivity contribution is 6.31. The van der Waals surface area contributed by atoms with Gasteiger partial charge in [-0.2, -0.15) is 0 Å². The van der Waals surface area contributed by atoms with Gasteiger partial charge in [-0.1, -0.05) is 24.6 Å². The van der Waals surface area contributed by atoms with Gasteiger partial charge in [0, 0.05) is 24.7 Å². The molecule has 1 aromatic rings. The maximum atomic E-state index is 11.2. The Labute approximate surface area is 89.5 Å². The lowest BCUT2D eigenvalue weighted by atomic mass is 10.1. The molecule has 14 heavy (non-hydrogen) atoms. The minimum atomic E-state index is 0.0157. The number of benzene rings is 1. The van der Waals surface area contributed by atoms with Crippen LogP contribution in [0.25, 0.3) is 0 Å². The van der Waals surface area contributed by atoms with Crippen LogP contribution in [-0.4, -0.2) is 13.0 Å². The lowest BCUT2D eigenvalue weighted by molar-refractivity contribution is -0.116. The number of anilines is 1. The van der Waals surface area contributed by atoms with E-state index in [2.05, 4.69) is 6.92 Å². The van der Waals surface area contributed by atoms with Crippen LogP contribution in [0.5, 0.6) is 0 Å². The van der Waals surface area contributed by atoms with Crippen LogP contribution in [0.15, 0.2) is 18.2 Å². The summed E-state index contributed by atoms with van der Waals surface area (Å²) in [4.78, 5) is 12.8. The number of aryl methyl sites for hydroxylation is 1. The van der Waals surface area contributed by atoms with E-state index in [1.165, 1.54) is 0 Å². The van der Waals surface area contributed by atoms with Gasteiger partial charge in [-0.05, 0) is 24.1 Å². The third-order valence-electron chi connectivity index (χ3n) is 2.26. The van der Waals surface area contributed by atoms with Crippen LogP contribution in [0.3, 0.4) is 0 Å². The lowest BCUT2D eigenvalue weighted by Gasteiger charge is -2.18. The molecule has 76 valence electrons. The van der Waals surface area contributed by atoms with Crippen molar-refractivity contribution in [1.29, 1.82) is 0 Å². The first-order valence-corrected chi connectivity index (χ1v) is 4.96. The molecule has 3 heteroatoms. The third-order valence-corrected chi connectivity index (χ3v) is 2.50. The molecule has 2 nitrogen and oxygen atoms in total. The van der Waals surface area contributed by atoms with Gasteiger partial charge >= 0.3 is 0 Å². The predicted octanol–water partition coefficient (Wildman–Crippen LogP) is 2.89. The Morgan fingerprint density at radius 3 is 2.64 bits per heavy atom. The molecule has 0 aliphatic heterocycles. The second-order valence-electron chi connectivity index (χ2n) is 3.20. The van der Waals surface area contributed by atoms with E-state index in [0.29, 0.717) is 5.02 Å². The van der Waals surface area contributed by atoms with E-state index in [0.717, 1.165) is 17.7 Å². The summed E-state index contributed by atoms with van der Waals surface area (Å²) in [6, 6.07) is 5.62. The SMILES string of the molecule is CCc1ccc(Cl)cc1N(C)C(C)=O. The van der Waals surface area contributed by atoms with Crippen molar-refractivity contribution in [3.8, 4) is 0 Å². The fraction of sp³-hybridized carbons (Fsp3) is 0.364. The van der Waals surface area contributed by atoms with Crippen molar-refractivity contribution >= 4 is 23.2 Å². The number of hydrogen-bond acceptors (Lipinski definition) is 1. The van der Waals surface area contributed by atoms with E-state index in [1.54, 1.807) is 18.9 Å². The summed E-state index contributed by atoms with van der Waals surface area (Å²) < 4.78 is 0. The van der Waals surface area contributed by atoms with Crippen LogP contribution in [0.1, 0.15) is 19.4 Å². The van der Waals surface area contributed by atoms with Crippen molar-refractivity contribution in [2.45, 2.75) is 20.3 Å². The molecule has 0 heterocycles. The highest BCUT2D eigenvalue weighted by atomic mass is 35.5. The number of rotatable bonds is 2. The van der Waals surface area contributed by atoms with Crippen LogP contribution in [0.2, 0.25) is 5.02 Å². The minimum Gasteiger partial charge on any atom is -0.315 e.